The van der Waals surface area contributed by atoms with Crippen LogP contribution in [0, 0.1) is 0 Å². The van der Waals surface area contributed by atoms with Crippen LogP contribution in [0.2, 0.25) is 0 Å². The smallest absolute Gasteiger partial charge is 0.352 e. The lowest BCUT2D eigenvalue weighted by molar-refractivity contribution is 0.0684. The van der Waals surface area contributed by atoms with E-state index < -0.39 is 17.2 Å². The van der Waals surface area contributed by atoms with Gasteiger partial charge in [-0.15, -0.1) is 0 Å². The van der Waals surface area contributed by atoms with E-state index in [-0.39, 0.29) is 5.69 Å². The van der Waals surface area contributed by atoms with E-state index >= 15 is 0 Å². The van der Waals surface area contributed by atoms with Gasteiger partial charge in [0.15, 0.2) is 0 Å². The van der Waals surface area contributed by atoms with Crippen LogP contribution in [0.25, 0.3) is 0 Å². The van der Waals surface area contributed by atoms with Gasteiger partial charge in [-0.1, -0.05) is 0 Å². The summed E-state index contributed by atoms with van der Waals surface area (Å²) in [6.07, 6.45) is 0. The van der Waals surface area contributed by atoms with Crippen molar-refractivity contribution in [3.05, 3.63) is 32.6 Å². The molecule has 0 aliphatic carbocycles. The highest BCUT2D eigenvalue weighted by Gasteiger charge is 2.11. The summed E-state index contributed by atoms with van der Waals surface area (Å²) in [6, 6.07) is 0.906. The lowest BCUT2D eigenvalue weighted by atomic mass is 10.4. The molecule has 1 heterocycles. The zero-order valence-corrected chi connectivity index (χ0v) is 7.14. The Morgan fingerprint density at radius 1 is 1.31 bits per heavy atom. The van der Waals surface area contributed by atoms with Crippen molar-refractivity contribution in [1.82, 2.24) is 9.13 Å². The van der Waals surface area contributed by atoms with E-state index in [0.29, 0.717) is 0 Å². The van der Waals surface area contributed by atoms with Gasteiger partial charge < -0.3 is 5.11 Å². The first-order chi connectivity index (χ1) is 5.95. The molecule has 0 saturated carbocycles. The minimum atomic E-state index is -1.29. The SMILES string of the molecule is Cn1c(C(=O)O)cc(=O)n(C)c1=O. The molecule has 0 radical (unpaired) electrons. The van der Waals surface area contributed by atoms with E-state index in [4.69, 9.17) is 5.11 Å². The summed E-state index contributed by atoms with van der Waals surface area (Å²) in [5, 5.41) is 8.60. The first-order valence-corrected chi connectivity index (χ1v) is 3.45. The van der Waals surface area contributed by atoms with Gasteiger partial charge in [0.25, 0.3) is 5.56 Å². The van der Waals surface area contributed by atoms with Gasteiger partial charge in [0.05, 0.1) is 0 Å². The van der Waals surface area contributed by atoms with E-state index in [9.17, 15) is 14.4 Å². The molecule has 0 aliphatic rings. The number of aromatic nitrogens is 2. The maximum absolute atomic E-state index is 11.2. The van der Waals surface area contributed by atoms with Crippen LogP contribution in [-0.2, 0) is 14.1 Å². The van der Waals surface area contributed by atoms with E-state index in [1.165, 1.54) is 14.1 Å². The Kier molecular flexibility index (Phi) is 2.05. The molecule has 0 fully saturated rings. The van der Waals surface area contributed by atoms with Gasteiger partial charge in [0.2, 0.25) is 0 Å². The summed E-state index contributed by atoms with van der Waals surface area (Å²) < 4.78 is 1.75. The van der Waals surface area contributed by atoms with Crippen molar-refractivity contribution < 1.29 is 9.90 Å². The van der Waals surface area contributed by atoms with Gasteiger partial charge in [-0.2, -0.15) is 0 Å². The molecule has 0 saturated heterocycles. The molecular weight excluding hydrogens is 176 g/mol. The maximum Gasteiger partial charge on any atom is 0.352 e. The Hall–Kier alpha value is -1.85. The Labute approximate surface area is 72.7 Å². The van der Waals surface area contributed by atoms with Crippen LogP contribution in [0.15, 0.2) is 15.7 Å². The molecule has 1 N–H and O–H groups in total. The van der Waals surface area contributed by atoms with Crippen LogP contribution in [0.4, 0.5) is 0 Å². The average molecular weight is 184 g/mol. The van der Waals surface area contributed by atoms with Gasteiger partial charge >= 0.3 is 11.7 Å². The first-order valence-electron chi connectivity index (χ1n) is 3.45. The number of hydrogen-bond donors (Lipinski definition) is 1. The van der Waals surface area contributed by atoms with Gasteiger partial charge in [-0.3, -0.25) is 13.9 Å². The third-order valence-electron chi connectivity index (χ3n) is 1.75. The summed E-state index contributed by atoms with van der Waals surface area (Å²) in [5.74, 6) is -1.29. The van der Waals surface area contributed by atoms with Gasteiger partial charge in [-0.05, 0) is 0 Å². The lowest BCUT2D eigenvalue weighted by Crippen LogP contribution is -2.39. The van der Waals surface area contributed by atoms with Crippen molar-refractivity contribution in [3.8, 4) is 0 Å². The van der Waals surface area contributed by atoms with E-state index in [2.05, 4.69) is 0 Å². The maximum atomic E-state index is 11.2. The van der Waals surface area contributed by atoms with Crippen molar-refractivity contribution in [2.24, 2.45) is 14.1 Å². The second-order valence-corrected chi connectivity index (χ2v) is 2.57. The molecule has 0 aliphatic heterocycles. The molecule has 0 spiro atoms. The summed E-state index contributed by atoms with van der Waals surface area (Å²) in [7, 11) is 2.58. The molecule has 6 heteroatoms. The number of rotatable bonds is 1. The van der Waals surface area contributed by atoms with Crippen LogP contribution in [0.5, 0.6) is 0 Å². The Morgan fingerprint density at radius 3 is 2.31 bits per heavy atom. The van der Waals surface area contributed by atoms with E-state index in [1.54, 1.807) is 0 Å². The molecule has 0 amide bonds. The van der Waals surface area contributed by atoms with Gasteiger partial charge in [0, 0.05) is 20.2 Å². The first kappa shape index (κ1) is 9.24. The summed E-state index contributed by atoms with van der Waals surface area (Å²) in [4.78, 5) is 32.7. The van der Waals surface area contributed by atoms with E-state index in [1.807, 2.05) is 0 Å². The van der Waals surface area contributed by atoms with Crippen LogP contribution >= 0.6 is 0 Å². The Bertz CT molecular complexity index is 468. The number of hydrogen-bond acceptors (Lipinski definition) is 3. The molecule has 1 aromatic heterocycles. The molecule has 0 aromatic carbocycles. The number of carboxylic acids is 1. The molecule has 0 atom stereocenters. The van der Waals surface area contributed by atoms with Crippen LogP contribution in [0.3, 0.4) is 0 Å². The van der Waals surface area contributed by atoms with Crippen molar-refractivity contribution in [1.29, 1.82) is 0 Å². The van der Waals surface area contributed by atoms with Crippen molar-refractivity contribution in [3.63, 3.8) is 0 Å². The predicted molar refractivity (Wildman–Crippen MR) is 43.9 cm³/mol. The third-order valence-corrected chi connectivity index (χ3v) is 1.75. The molecular formula is C7H8N2O4. The number of nitrogens with zero attached hydrogens (tertiary/aromatic N) is 2. The van der Waals surface area contributed by atoms with Gasteiger partial charge in [0.1, 0.15) is 5.69 Å². The second-order valence-electron chi connectivity index (χ2n) is 2.57. The van der Waals surface area contributed by atoms with Crippen LogP contribution in [0.1, 0.15) is 10.5 Å². The van der Waals surface area contributed by atoms with Crippen molar-refractivity contribution in [2.45, 2.75) is 0 Å². The fourth-order valence-corrected chi connectivity index (χ4v) is 0.938. The monoisotopic (exact) mass is 184 g/mol. The molecule has 1 rings (SSSR count). The molecule has 6 nitrogen and oxygen atoms in total. The summed E-state index contributed by atoms with van der Waals surface area (Å²) in [6.45, 7) is 0. The quantitative estimate of drug-likeness (QED) is 0.593. The average Bonchev–Trinajstić information content (AvgIpc) is 2.07. The standard InChI is InChI=1S/C7H8N2O4/c1-8-4(6(11)12)3-5(10)9(2)7(8)13/h3H,1-2H3,(H,11,12). The van der Waals surface area contributed by atoms with Crippen molar-refractivity contribution in [2.75, 3.05) is 0 Å². The molecule has 0 unspecified atom stereocenters. The lowest BCUT2D eigenvalue weighted by Gasteiger charge is -2.04. The number of aromatic carboxylic acids is 1. The highest BCUT2D eigenvalue weighted by molar-refractivity contribution is 5.85. The fourth-order valence-electron chi connectivity index (χ4n) is 0.938. The zero-order valence-electron chi connectivity index (χ0n) is 7.14. The Morgan fingerprint density at radius 2 is 1.85 bits per heavy atom. The highest BCUT2D eigenvalue weighted by atomic mass is 16.4. The van der Waals surface area contributed by atoms with Crippen molar-refractivity contribution >= 4 is 5.97 Å². The predicted octanol–water partition coefficient (Wildman–Crippen LogP) is -1.22. The minimum Gasteiger partial charge on any atom is -0.477 e. The van der Waals surface area contributed by atoms with Crippen LogP contribution in [-0.4, -0.2) is 20.2 Å². The number of carbonyl (C=O) groups is 1. The zero-order chi connectivity index (χ0) is 10.2. The number of carboxylic acid groups (broad SMARTS) is 1. The van der Waals surface area contributed by atoms with E-state index in [0.717, 1.165) is 15.2 Å². The van der Waals surface area contributed by atoms with Gasteiger partial charge in [-0.25, -0.2) is 9.59 Å². The Balaban J connectivity index is 3.70. The normalized spacial score (nSPS) is 10.0. The molecule has 70 valence electrons. The second kappa shape index (κ2) is 2.89. The van der Waals surface area contributed by atoms with Crippen LogP contribution < -0.4 is 11.2 Å². The topological polar surface area (TPSA) is 81.3 Å². The third kappa shape index (κ3) is 1.37. The summed E-state index contributed by atoms with van der Waals surface area (Å²) >= 11 is 0. The largest absolute Gasteiger partial charge is 0.477 e. The highest BCUT2D eigenvalue weighted by Crippen LogP contribution is 1.88. The molecule has 1 aromatic rings. The fraction of sp³-hybridized carbons (Fsp3) is 0.286. The summed E-state index contributed by atoms with van der Waals surface area (Å²) in [5.41, 5.74) is -1.58. The molecule has 13 heavy (non-hydrogen) atoms. The minimum absolute atomic E-state index is 0.312. The molecule has 0 bridgehead atoms.